The summed E-state index contributed by atoms with van der Waals surface area (Å²) in [6, 6.07) is 0.710. The Hall–Kier alpha value is -0.180. The molecule has 0 aromatic heterocycles. The highest BCUT2D eigenvalue weighted by atomic mass is 32.2. The van der Waals surface area contributed by atoms with Crippen LogP contribution >= 0.6 is 11.8 Å². The highest BCUT2D eigenvalue weighted by Crippen LogP contribution is 2.41. The first kappa shape index (κ1) is 12.8. The van der Waals surface area contributed by atoms with Crippen LogP contribution in [0.5, 0.6) is 0 Å². The lowest BCUT2D eigenvalue weighted by Crippen LogP contribution is -2.36. The van der Waals surface area contributed by atoms with E-state index in [0.29, 0.717) is 6.04 Å². The van der Waals surface area contributed by atoms with E-state index in [1.165, 1.54) is 56.5 Å². The van der Waals surface area contributed by atoms with Crippen LogP contribution < -0.4 is 5.32 Å². The highest BCUT2D eigenvalue weighted by molar-refractivity contribution is 8.14. The fourth-order valence-corrected chi connectivity index (χ4v) is 4.65. The topological polar surface area (TPSA) is 24.4 Å². The first-order valence-corrected chi connectivity index (χ1v) is 8.70. The molecule has 1 aliphatic heterocycles. The molecule has 2 saturated carbocycles. The van der Waals surface area contributed by atoms with Crippen molar-refractivity contribution < 1.29 is 0 Å². The van der Waals surface area contributed by atoms with Gasteiger partial charge in [0.25, 0.3) is 0 Å². The van der Waals surface area contributed by atoms with Crippen LogP contribution in [0.1, 0.15) is 58.3 Å². The fourth-order valence-electron chi connectivity index (χ4n) is 3.36. The van der Waals surface area contributed by atoms with Crippen molar-refractivity contribution >= 4 is 16.9 Å². The molecule has 0 radical (unpaired) electrons. The third-order valence-corrected chi connectivity index (χ3v) is 6.00. The highest BCUT2D eigenvalue weighted by Gasteiger charge is 2.35. The van der Waals surface area contributed by atoms with Gasteiger partial charge in [-0.15, -0.1) is 0 Å². The average molecular weight is 266 g/mol. The number of hydrogen-bond donors (Lipinski definition) is 1. The molecule has 3 aliphatic rings. The number of rotatable bonds is 4. The number of hydrogen-bond acceptors (Lipinski definition) is 3. The van der Waals surface area contributed by atoms with Crippen molar-refractivity contribution in [1.82, 2.24) is 5.32 Å². The van der Waals surface area contributed by atoms with E-state index in [4.69, 9.17) is 4.99 Å². The van der Waals surface area contributed by atoms with Gasteiger partial charge < -0.3 is 5.32 Å². The average Bonchev–Trinajstić information content (AvgIpc) is 3.13. The Morgan fingerprint density at radius 1 is 1.17 bits per heavy atom. The second kappa shape index (κ2) is 5.85. The molecule has 0 amide bonds. The Balaban J connectivity index is 1.39. The maximum absolute atomic E-state index is 4.70. The van der Waals surface area contributed by atoms with E-state index in [1.807, 2.05) is 11.8 Å². The quantitative estimate of drug-likeness (QED) is 0.836. The monoisotopic (exact) mass is 266 g/mol. The van der Waals surface area contributed by atoms with Gasteiger partial charge in [-0.25, -0.2) is 0 Å². The summed E-state index contributed by atoms with van der Waals surface area (Å²) in [4.78, 5) is 4.70. The second-order valence-electron chi connectivity index (χ2n) is 6.29. The molecule has 2 fully saturated rings. The minimum atomic E-state index is 0.710. The van der Waals surface area contributed by atoms with Crippen LogP contribution in [0.25, 0.3) is 0 Å². The van der Waals surface area contributed by atoms with Crippen LogP contribution in [0, 0.1) is 11.8 Å². The minimum Gasteiger partial charge on any atom is -0.362 e. The lowest BCUT2D eigenvalue weighted by atomic mass is 9.84. The molecule has 0 aromatic carbocycles. The Labute approximate surface area is 115 Å². The van der Waals surface area contributed by atoms with Gasteiger partial charge in [0.2, 0.25) is 0 Å². The zero-order valence-electron chi connectivity index (χ0n) is 11.5. The number of nitrogens with one attached hydrogen (secondary N) is 1. The molecule has 0 saturated heterocycles. The van der Waals surface area contributed by atoms with Crippen molar-refractivity contribution in [2.24, 2.45) is 16.8 Å². The van der Waals surface area contributed by atoms with Crippen molar-refractivity contribution in [3.05, 3.63) is 0 Å². The molecule has 18 heavy (non-hydrogen) atoms. The van der Waals surface area contributed by atoms with Gasteiger partial charge in [-0.1, -0.05) is 31.5 Å². The van der Waals surface area contributed by atoms with E-state index in [-0.39, 0.29) is 0 Å². The lowest BCUT2D eigenvalue weighted by molar-refractivity contribution is 0.296. The van der Waals surface area contributed by atoms with E-state index in [0.717, 1.165) is 23.6 Å². The van der Waals surface area contributed by atoms with E-state index < -0.39 is 0 Å². The Bertz CT molecular complexity index is 304. The van der Waals surface area contributed by atoms with Crippen molar-refractivity contribution in [3.8, 4) is 0 Å². The van der Waals surface area contributed by atoms with Crippen LogP contribution in [0.15, 0.2) is 4.99 Å². The SMILES string of the molecule is CCCC1CCC(NC2=NCC(C3CC3)S2)CC1. The van der Waals surface area contributed by atoms with E-state index in [9.17, 15) is 0 Å². The maximum atomic E-state index is 4.70. The van der Waals surface area contributed by atoms with Gasteiger partial charge in [0.15, 0.2) is 5.17 Å². The minimum absolute atomic E-state index is 0.710. The van der Waals surface area contributed by atoms with Crippen molar-refractivity contribution in [1.29, 1.82) is 0 Å². The van der Waals surface area contributed by atoms with E-state index >= 15 is 0 Å². The van der Waals surface area contributed by atoms with Gasteiger partial charge >= 0.3 is 0 Å². The molecule has 0 aromatic rings. The number of nitrogens with zero attached hydrogens (tertiary/aromatic N) is 1. The van der Waals surface area contributed by atoms with Crippen LogP contribution in [0.4, 0.5) is 0 Å². The molecule has 3 rings (SSSR count). The molecule has 1 atom stereocenters. The summed E-state index contributed by atoms with van der Waals surface area (Å²) in [5.41, 5.74) is 0. The molecule has 1 unspecified atom stereocenters. The van der Waals surface area contributed by atoms with Gasteiger partial charge in [-0.05, 0) is 50.4 Å². The van der Waals surface area contributed by atoms with Gasteiger partial charge in [0.05, 0.1) is 6.54 Å². The zero-order chi connectivity index (χ0) is 12.4. The van der Waals surface area contributed by atoms with Crippen molar-refractivity contribution in [2.45, 2.75) is 69.6 Å². The predicted molar refractivity (Wildman–Crippen MR) is 80.2 cm³/mol. The molecule has 2 nitrogen and oxygen atoms in total. The van der Waals surface area contributed by atoms with Crippen LogP contribution in [-0.4, -0.2) is 23.0 Å². The molecule has 1 heterocycles. The summed E-state index contributed by atoms with van der Waals surface area (Å²) in [6.07, 6.45) is 11.3. The summed E-state index contributed by atoms with van der Waals surface area (Å²) < 4.78 is 0. The molecule has 2 aliphatic carbocycles. The van der Waals surface area contributed by atoms with Crippen LogP contribution in [0.2, 0.25) is 0 Å². The summed E-state index contributed by atoms with van der Waals surface area (Å²) in [6.45, 7) is 3.38. The van der Waals surface area contributed by atoms with Crippen LogP contribution in [0.3, 0.4) is 0 Å². The van der Waals surface area contributed by atoms with Crippen molar-refractivity contribution in [3.63, 3.8) is 0 Å². The van der Waals surface area contributed by atoms with Gasteiger partial charge in [-0.3, -0.25) is 4.99 Å². The van der Waals surface area contributed by atoms with E-state index in [1.54, 1.807) is 0 Å². The summed E-state index contributed by atoms with van der Waals surface area (Å²) in [5, 5.41) is 5.77. The summed E-state index contributed by atoms with van der Waals surface area (Å²) >= 11 is 2.02. The normalized spacial score (nSPS) is 36.5. The van der Waals surface area contributed by atoms with Gasteiger partial charge in [0, 0.05) is 11.3 Å². The molecule has 3 heteroatoms. The van der Waals surface area contributed by atoms with Crippen molar-refractivity contribution in [2.75, 3.05) is 6.54 Å². The number of amidine groups is 1. The number of thioether (sulfide) groups is 1. The van der Waals surface area contributed by atoms with Gasteiger partial charge in [0.1, 0.15) is 0 Å². The zero-order valence-corrected chi connectivity index (χ0v) is 12.3. The Morgan fingerprint density at radius 3 is 2.61 bits per heavy atom. The molecule has 0 bridgehead atoms. The third-order valence-electron chi connectivity index (χ3n) is 4.70. The Morgan fingerprint density at radius 2 is 1.94 bits per heavy atom. The smallest absolute Gasteiger partial charge is 0.157 e. The largest absolute Gasteiger partial charge is 0.362 e. The predicted octanol–water partition coefficient (Wildman–Crippen LogP) is 3.82. The van der Waals surface area contributed by atoms with Gasteiger partial charge in [-0.2, -0.15) is 0 Å². The summed E-state index contributed by atoms with van der Waals surface area (Å²) in [7, 11) is 0. The maximum Gasteiger partial charge on any atom is 0.157 e. The fraction of sp³-hybridized carbons (Fsp3) is 0.933. The standard InChI is InChI=1S/C15H26N2S/c1-2-3-11-4-8-13(9-5-11)17-15-16-10-14(18-15)12-6-7-12/h11-14H,2-10H2,1H3,(H,16,17). The van der Waals surface area contributed by atoms with E-state index in [2.05, 4.69) is 12.2 Å². The molecule has 1 N–H and O–H groups in total. The first-order chi connectivity index (χ1) is 8.85. The first-order valence-electron chi connectivity index (χ1n) is 7.82. The lowest BCUT2D eigenvalue weighted by Gasteiger charge is -2.29. The summed E-state index contributed by atoms with van der Waals surface area (Å²) in [5.74, 6) is 1.99. The van der Waals surface area contributed by atoms with Crippen LogP contribution in [-0.2, 0) is 0 Å². The third kappa shape index (κ3) is 3.23. The molecular weight excluding hydrogens is 240 g/mol. The molecule has 0 spiro atoms. The second-order valence-corrected chi connectivity index (χ2v) is 7.52. The Kier molecular flexibility index (Phi) is 4.17. The molecule has 102 valence electrons. The number of aliphatic imine (C=N–C) groups is 1. The molecular formula is C15H26N2S.